The summed E-state index contributed by atoms with van der Waals surface area (Å²) in [7, 11) is 0. The Labute approximate surface area is 270 Å². The summed E-state index contributed by atoms with van der Waals surface area (Å²) in [6.07, 6.45) is 0. The quantitative estimate of drug-likeness (QED) is 0.186. The van der Waals surface area contributed by atoms with Gasteiger partial charge in [0.15, 0.2) is 0 Å². The van der Waals surface area contributed by atoms with Crippen LogP contribution in [0.1, 0.15) is 5.56 Å². The average Bonchev–Trinajstić information content (AvgIpc) is 3.52. The zero-order valence-corrected chi connectivity index (χ0v) is 25.3. The van der Waals surface area contributed by atoms with Crippen molar-refractivity contribution >= 4 is 75.8 Å². The van der Waals surface area contributed by atoms with Gasteiger partial charge < -0.3 is 4.42 Å². The Hall–Kier alpha value is -6.43. The molecular weight excluding hydrogens is 571 g/mol. The second-order valence-corrected chi connectivity index (χ2v) is 12.4. The summed E-state index contributed by atoms with van der Waals surface area (Å²) < 4.78 is 6.49. The van der Waals surface area contributed by atoms with Gasteiger partial charge in [0.2, 0.25) is 0 Å². The number of furan rings is 1. The molecule has 0 amide bonds. The highest BCUT2D eigenvalue weighted by atomic mass is 16.3. The molecule has 0 aliphatic carbocycles. The van der Waals surface area contributed by atoms with E-state index in [0.29, 0.717) is 5.56 Å². The van der Waals surface area contributed by atoms with Gasteiger partial charge in [0, 0.05) is 10.8 Å². The van der Waals surface area contributed by atoms with Crippen LogP contribution in [-0.4, -0.2) is 0 Å². The number of fused-ring (bicyclic) bond motifs is 12. The third-order valence-electron chi connectivity index (χ3n) is 9.84. The summed E-state index contributed by atoms with van der Waals surface area (Å²) in [5.41, 5.74) is 7.22. The molecule has 0 atom stereocenters. The van der Waals surface area contributed by atoms with Gasteiger partial charge in [0.1, 0.15) is 11.2 Å². The van der Waals surface area contributed by atoms with Crippen molar-refractivity contribution in [1.29, 1.82) is 5.26 Å². The van der Waals surface area contributed by atoms with Crippen LogP contribution in [0.2, 0.25) is 0 Å². The average molecular weight is 596 g/mol. The van der Waals surface area contributed by atoms with Crippen LogP contribution < -0.4 is 0 Å². The summed E-state index contributed by atoms with van der Waals surface area (Å²) in [6, 6.07) is 56.3. The maximum Gasteiger partial charge on any atom is 0.136 e. The molecule has 0 N–H and O–H groups in total. The van der Waals surface area contributed by atoms with Crippen LogP contribution in [0.4, 0.5) is 0 Å². The van der Waals surface area contributed by atoms with Crippen molar-refractivity contribution in [3.8, 4) is 28.3 Å². The maximum absolute atomic E-state index is 9.25. The van der Waals surface area contributed by atoms with E-state index < -0.39 is 0 Å². The zero-order valence-electron chi connectivity index (χ0n) is 25.3. The van der Waals surface area contributed by atoms with Crippen molar-refractivity contribution in [2.75, 3.05) is 0 Å². The molecule has 0 bridgehead atoms. The Morgan fingerprint density at radius 1 is 0.362 bits per heavy atom. The van der Waals surface area contributed by atoms with Gasteiger partial charge in [-0.2, -0.15) is 5.26 Å². The standard InChI is InChI=1S/C45H25NO/c46-26-27-9-10-33-22-32(16-15-31(33)21-27)28-11-13-29(14-12-28)34-17-19-38-39(23-34)36-7-3-4-8-37(36)40-24-42-44(25-41(38)40)47-43-20-18-30-5-1-2-6-35(30)45(42)43/h1-25H. The van der Waals surface area contributed by atoms with Gasteiger partial charge in [0.05, 0.1) is 11.6 Å². The second kappa shape index (κ2) is 9.78. The fraction of sp³-hybridized carbons (Fsp3) is 0. The first kappa shape index (κ1) is 25.9. The smallest absolute Gasteiger partial charge is 0.136 e. The minimum absolute atomic E-state index is 0.683. The van der Waals surface area contributed by atoms with Gasteiger partial charge in [-0.3, -0.25) is 0 Å². The molecule has 47 heavy (non-hydrogen) atoms. The molecule has 10 rings (SSSR count). The topological polar surface area (TPSA) is 36.9 Å². The molecule has 2 nitrogen and oxygen atoms in total. The van der Waals surface area contributed by atoms with E-state index >= 15 is 0 Å². The highest BCUT2D eigenvalue weighted by Crippen LogP contribution is 2.42. The highest BCUT2D eigenvalue weighted by Gasteiger charge is 2.16. The van der Waals surface area contributed by atoms with Crippen LogP contribution in [0.3, 0.4) is 0 Å². The molecule has 1 heterocycles. The van der Waals surface area contributed by atoms with E-state index in [-0.39, 0.29) is 0 Å². The van der Waals surface area contributed by atoms with E-state index in [1.54, 1.807) is 0 Å². The van der Waals surface area contributed by atoms with Crippen molar-refractivity contribution in [1.82, 2.24) is 0 Å². The van der Waals surface area contributed by atoms with Gasteiger partial charge in [-0.15, -0.1) is 0 Å². The molecule has 0 aliphatic rings. The first-order valence-corrected chi connectivity index (χ1v) is 15.9. The molecule has 0 fully saturated rings. The van der Waals surface area contributed by atoms with E-state index in [1.165, 1.54) is 65.2 Å². The number of hydrogen-bond acceptors (Lipinski definition) is 2. The van der Waals surface area contributed by atoms with Gasteiger partial charge in [-0.25, -0.2) is 0 Å². The fourth-order valence-electron chi connectivity index (χ4n) is 7.52. The summed E-state index contributed by atoms with van der Waals surface area (Å²) in [5, 5.41) is 23.6. The van der Waals surface area contributed by atoms with Crippen LogP contribution in [0.5, 0.6) is 0 Å². The Morgan fingerprint density at radius 2 is 0.936 bits per heavy atom. The molecule has 216 valence electrons. The Morgan fingerprint density at radius 3 is 1.72 bits per heavy atom. The van der Waals surface area contributed by atoms with Crippen molar-refractivity contribution in [3.63, 3.8) is 0 Å². The lowest BCUT2D eigenvalue weighted by atomic mass is 9.90. The summed E-state index contributed by atoms with van der Waals surface area (Å²) in [5.74, 6) is 0. The lowest BCUT2D eigenvalue weighted by Crippen LogP contribution is -1.86. The second-order valence-electron chi connectivity index (χ2n) is 12.4. The zero-order chi connectivity index (χ0) is 31.1. The predicted molar refractivity (Wildman–Crippen MR) is 197 cm³/mol. The number of hydrogen-bond donors (Lipinski definition) is 0. The molecule has 1 aromatic heterocycles. The van der Waals surface area contributed by atoms with Crippen LogP contribution in [0.25, 0.3) is 98.1 Å². The molecule has 0 radical (unpaired) electrons. The van der Waals surface area contributed by atoms with Crippen LogP contribution in [-0.2, 0) is 0 Å². The Bertz CT molecular complexity index is 2960. The maximum atomic E-state index is 9.25. The normalized spacial score (nSPS) is 11.8. The summed E-state index contributed by atoms with van der Waals surface area (Å²) in [4.78, 5) is 0. The van der Waals surface area contributed by atoms with Crippen molar-refractivity contribution < 1.29 is 4.42 Å². The largest absolute Gasteiger partial charge is 0.456 e. The van der Waals surface area contributed by atoms with Crippen LogP contribution >= 0.6 is 0 Å². The third kappa shape index (κ3) is 3.91. The first-order valence-electron chi connectivity index (χ1n) is 15.9. The van der Waals surface area contributed by atoms with Crippen molar-refractivity contribution in [2.45, 2.75) is 0 Å². The number of rotatable bonds is 2. The van der Waals surface area contributed by atoms with Crippen molar-refractivity contribution in [3.05, 3.63) is 157 Å². The molecule has 0 unspecified atom stereocenters. The van der Waals surface area contributed by atoms with E-state index in [9.17, 15) is 5.26 Å². The minimum atomic E-state index is 0.683. The summed E-state index contributed by atoms with van der Waals surface area (Å²) in [6.45, 7) is 0. The monoisotopic (exact) mass is 595 g/mol. The number of nitriles is 1. The molecule has 0 aliphatic heterocycles. The molecule has 9 aromatic carbocycles. The molecule has 0 spiro atoms. The fourth-order valence-corrected chi connectivity index (χ4v) is 7.52. The van der Waals surface area contributed by atoms with E-state index in [1.807, 2.05) is 18.2 Å². The lowest BCUT2D eigenvalue weighted by molar-refractivity contribution is 0.670. The Kier molecular flexibility index (Phi) is 5.38. The van der Waals surface area contributed by atoms with E-state index in [4.69, 9.17) is 4.42 Å². The molecule has 0 saturated heterocycles. The highest BCUT2D eigenvalue weighted by molar-refractivity contribution is 6.30. The molecule has 2 heteroatoms. The van der Waals surface area contributed by atoms with Crippen LogP contribution in [0, 0.1) is 11.3 Å². The minimum Gasteiger partial charge on any atom is -0.456 e. The molecule has 10 aromatic rings. The van der Waals surface area contributed by atoms with Crippen molar-refractivity contribution in [2.24, 2.45) is 0 Å². The molecule has 0 saturated carbocycles. The van der Waals surface area contributed by atoms with Gasteiger partial charge >= 0.3 is 0 Å². The van der Waals surface area contributed by atoms with Gasteiger partial charge in [0.25, 0.3) is 0 Å². The first-order chi connectivity index (χ1) is 23.2. The number of nitrogens with zero attached hydrogens (tertiary/aromatic N) is 1. The number of benzene rings is 9. The van der Waals surface area contributed by atoms with Crippen LogP contribution in [0.15, 0.2) is 156 Å². The van der Waals surface area contributed by atoms with Gasteiger partial charge in [-0.05, 0) is 119 Å². The van der Waals surface area contributed by atoms with E-state index in [2.05, 4.69) is 140 Å². The summed E-state index contributed by atoms with van der Waals surface area (Å²) >= 11 is 0. The molecular formula is C45H25NO. The van der Waals surface area contributed by atoms with Gasteiger partial charge in [-0.1, -0.05) is 109 Å². The third-order valence-corrected chi connectivity index (χ3v) is 9.84. The van der Waals surface area contributed by atoms with E-state index in [0.717, 1.165) is 32.9 Å². The predicted octanol–water partition coefficient (Wildman–Crippen LogP) is 12.6. The lowest BCUT2D eigenvalue weighted by Gasteiger charge is -2.13. The SMILES string of the molecule is N#Cc1ccc2cc(-c3ccc(-c4ccc5c(c4)c4ccccc4c4cc6c(cc54)oc4ccc5ccccc5c46)cc3)ccc2c1. The Balaban J connectivity index is 1.13.